The predicted octanol–water partition coefficient (Wildman–Crippen LogP) is 2.48. The fourth-order valence-corrected chi connectivity index (χ4v) is 2.77. The second-order valence-electron chi connectivity index (χ2n) is 4.91. The van der Waals surface area contributed by atoms with Gasteiger partial charge in [0.05, 0.1) is 6.61 Å². The zero-order chi connectivity index (χ0) is 12.5. The fourth-order valence-electron chi connectivity index (χ4n) is 2.39. The molecule has 1 unspecified atom stereocenters. The number of nitrogens with two attached hydrogens (primary N) is 1. The molecule has 1 aliphatic rings. The second-order valence-corrected chi connectivity index (χ2v) is 5.77. The van der Waals surface area contributed by atoms with Gasteiger partial charge in [-0.2, -0.15) is 0 Å². The molecule has 1 fully saturated rings. The normalized spacial score (nSPS) is 19.1. The molecule has 0 bridgehead atoms. The van der Waals surface area contributed by atoms with Gasteiger partial charge in [-0.3, -0.25) is 0 Å². The van der Waals surface area contributed by atoms with Gasteiger partial charge in [-0.05, 0) is 48.9 Å². The molecule has 0 saturated heterocycles. The summed E-state index contributed by atoms with van der Waals surface area (Å²) >= 11 is 3.42. The van der Waals surface area contributed by atoms with Crippen LogP contribution in [0.25, 0.3) is 0 Å². The van der Waals surface area contributed by atoms with Crippen LogP contribution in [0, 0.1) is 17.2 Å². The van der Waals surface area contributed by atoms with Crippen LogP contribution in [-0.2, 0) is 6.42 Å². The molecule has 0 aliphatic heterocycles. The van der Waals surface area contributed by atoms with Gasteiger partial charge in [-0.1, -0.05) is 15.9 Å². The third-order valence-electron chi connectivity index (χ3n) is 3.72. The summed E-state index contributed by atoms with van der Waals surface area (Å²) in [6.45, 7) is 0.508. The number of aliphatic hydroxyl groups is 1. The molecule has 0 amide bonds. The highest BCUT2D eigenvalue weighted by Gasteiger charge is 2.44. The van der Waals surface area contributed by atoms with Crippen molar-refractivity contribution in [1.29, 1.82) is 0 Å². The van der Waals surface area contributed by atoms with Gasteiger partial charge in [0, 0.05) is 16.4 Å². The Balaban J connectivity index is 2.25. The highest BCUT2D eigenvalue weighted by atomic mass is 79.9. The minimum absolute atomic E-state index is 0.0666. The number of aliphatic hydroxyl groups excluding tert-OH is 1. The Hall–Kier alpha value is -0.450. The lowest BCUT2D eigenvalue weighted by atomic mass is 9.78. The molecule has 1 aromatic rings. The molecule has 0 radical (unpaired) electrons. The third kappa shape index (κ3) is 2.69. The largest absolute Gasteiger partial charge is 0.396 e. The second kappa shape index (κ2) is 5.04. The van der Waals surface area contributed by atoms with E-state index in [0.29, 0.717) is 18.9 Å². The van der Waals surface area contributed by atoms with E-state index in [-0.39, 0.29) is 17.8 Å². The van der Waals surface area contributed by atoms with Crippen molar-refractivity contribution in [2.45, 2.75) is 19.3 Å². The van der Waals surface area contributed by atoms with Gasteiger partial charge in [0.1, 0.15) is 5.82 Å². The Labute approximate surface area is 109 Å². The van der Waals surface area contributed by atoms with Gasteiger partial charge in [0.25, 0.3) is 0 Å². The molecule has 94 valence electrons. The van der Waals surface area contributed by atoms with Crippen molar-refractivity contribution >= 4 is 15.9 Å². The Morgan fingerprint density at radius 3 is 2.71 bits per heavy atom. The summed E-state index contributed by atoms with van der Waals surface area (Å²) in [6, 6.07) is 4.65. The zero-order valence-corrected chi connectivity index (χ0v) is 11.2. The minimum atomic E-state index is -0.281. The van der Waals surface area contributed by atoms with E-state index in [1.54, 1.807) is 6.07 Å². The van der Waals surface area contributed by atoms with Gasteiger partial charge in [-0.25, -0.2) is 4.39 Å². The van der Waals surface area contributed by atoms with E-state index in [1.165, 1.54) is 12.1 Å². The van der Waals surface area contributed by atoms with Crippen molar-refractivity contribution in [3.05, 3.63) is 34.1 Å². The molecule has 3 N–H and O–H groups in total. The van der Waals surface area contributed by atoms with E-state index in [2.05, 4.69) is 15.9 Å². The standard InChI is InChI=1S/C13H17BrFNO/c14-12-4-3-11(15)5-9(12)6-13(7-16,8-17)10-1-2-10/h3-5,10,17H,1-2,6-8,16H2. The quantitative estimate of drug-likeness (QED) is 0.878. The summed E-state index contributed by atoms with van der Waals surface area (Å²) in [5, 5.41) is 9.62. The van der Waals surface area contributed by atoms with Crippen LogP contribution in [0.5, 0.6) is 0 Å². The van der Waals surface area contributed by atoms with Crippen molar-refractivity contribution in [3.63, 3.8) is 0 Å². The van der Waals surface area contributed by atoms with Gasteiger partial charge < -0.3 is 10.8 Å². The van der Waals surface area contributed by atoms with Gasteiger partial charge >= 0.3 is 0 Å². The van der Waals surface area contributed by atoms with Crippen LogP contribution in [0.4, 0.5) is 4.39 Å². The SMILES string of the molecule is NCC(CO)(Cc1cc(F)ccc1Br)C1CC1. The van der Waals surface area contributed by atoms with Crippen LogP contribution in [0.2, 0.25) is 0 Å². The monoisotopic (exact) mass is 301 g/mol. The Kier molecular flexibility index (Phi) is 3.85. The molecule has 1 saturated carbocycles. The van der Waals surface area contributed by atoms with E-state index in [0.717, 1.165) is 22.9 Å². The average Bonchev–Trinajstić information content (AvgIpc) is 3.15. The molecule has 0 heterocycles. The average molecular weight is 302 g/mol. The van der Waals surface area contributed by atoms with E-state index >= 15 is 0 Å². The first kappa shape index (κ1) is 13.0. The van der Waals surface area contributed by atoms with Gasteiger partial charge in [0.2, 0.25) is 0 Å². The Bertz CT molecular complexity index is 402. The molecule has 2 nitrogen and oxygen atoms in total. The van der Waals surface area contributed by atoms with Gasteiger partial charge in [-0.15, -0.1) is 0 Å². The molecular weight excluding hydrogens is 285 g/mol. The number of benzene rings is 1. The molecule has 0 spiro atoms. The summed E-state index contributed by atoms with van der Waals surface area (Å²) in [5.74, 6) is 0.232. The Morgan fingerprint density at radius 2 is 2.18 bits per heavy atom. The van der Waals surface area contributed by atoms with Crippen molar-refractivity contribution < 1.29 is 9.50 Å². The summed E-state index contributed by atoms with van der Waals surface area (Å²) < 4.78 is 14.1. The van der Waals surface area contributed by atoms with Gasteiger partial charge in [0.15, 0.2) is 0 Å². The first-order valence-corrected chi connectivity index (χ1v) is 6.65. The Morgan fingerprint density at radius 1 is 1.47 bits per heavy atom. The number of hydrogen-bond acceptors (Lipinski definition) is 2. The first-order chi connectivity index (χ1) is 8.11. The third-order valence-corrected chi connectivity index (χ3v) is 4.49. The first-order valence-electron chi connectivity index (χ1n) is 5.86. The lowest BCUT2D eigenvalue weighted by Gasteiger charge is -2.31. The zero-order valence-electron chi connectivity index (χ0n) is 9.63. The molecule has 4 heteroatoms. The smallest absolute Gasteiger partial charge is 0.123 e. The van der Waals surface area contributed by atoms with Crippen LogP contribution >= 0.6 is 15.9 Å². The molecule has 1 aliphatic carbocycles. The maximum Gasteiger partial charge on any atom is 0.123 e. The number of halogens is 2. The number of rotatable bonds is 5. The van der Waals surface area contributed by atoms with Crippen molar-refractivity contribution in [1.82, 2.24) is 0 Å². The van der Waals surface area contributed by atoms with E-state index < -0.39 is 0 Å². The molecule has 2 rings (SSSR count). The van der Waals surface area contributed by atoms with E-state index in [1.807, 2.05) is 0 Å². The minimum Gasteiger partial charge on any atom is -0.396 e. The lowest BCUT2D eigenvalue weighted by Crippen LogP contribution is -2.38. The van der Waals surface area contributed by atoms with Crippen LogP contribution in [0.15, 0.2) is 22.7 Å². The molecule has 0 aromatic heterocycles. The highest BCUT2D eigenvalue weighted by molar-refractivity contribution is 9.10. The fraction of sp³-hybridized carbons (Fsp3) is 0.538. The molecule has 17 heavy (non-hydrogen) atoms. The summed E-state index contributed by atoms with van der Waals surface area (Å²) in [6.07, 6.45) is 2.86. The predicted molar refractivity (Wildman–Crippen MR) is 69.1 cm³/mol. The molecule has 1 aromatic carbocycles. The summed E-state index contributed by atoms with van der Waals surface area (Å²) in [5.41, 5.74) is 6.43. The van der Waals surface area contributed by atoms with Crippen LogP contribution in [0.1, 0.15) is 18.4 Å². The maximum atomic E-state index is 13.2. The van der Waals surface area contributed by atoms with Crippen LogP contribution in [0.3, 0.4) is 0 Å². The number of hydrogen-bond donors (Lipinski definition) is 2. The summed E-state index contributed by atoms with van der Waals surface area (Å²) in [7, 11) is 0. The van der Waals surface area contributed by atoms with E-state index in [4.69, 9.17) is 5.73 Å². The van der Waals surface area contributed by atoms with Crippen molar-refractivity contribution in [3.8, 4) is 0 Å². The molecule has 1 atom stereocenters. The summed E-state index contributed by atoms with van der Waals surface area (Å²) in [4.78, 5) is 0. The van der Waals surface area contributed by atoms with Crippen molar-refractivity contribution in [2.75, 3.05) is 13.2 Å². The molecular formula is C13H17BrFNO. The topological polar surface area (TPSA) is 46.2 Å². The van der Waals surface area contributed by atoms with E-state index in [9.17, 15) is 9.50 Å². The van der Waals surface area contributed by atoms with Crippen LogP contribution < -0.4 is 5.73 Å². The maximum absolute atomic E-state index is 13.2. The lowest BCUT2D eigenvalue weighted by molar-refractivity contribution is 0.109. The highest BCUT2D eigenvalue weighted by Crippen LogP contribution is 2.47. The van der Waals surface area contributed by atoms with Crippen LogP contribution in [-0.4, -0.2) is 18.3 Å². The van der Waals surface area contributed by atoms with Crippen molar-refractivity contribution in [2.24, 2.45) is 17.1 Å².